The number of halogens is 5. The normalized spacial score (nSPS) is 26.2. The number of fused-ring (bicyclic) bond motifs is 5. The molecule has 4 aliphatic rings. The number of nitrogens with zero attached hydrogens (tertiary/aromatic N) is 3. The number of alkyl halides is 3. The average molecular weight is 794 g/mol. The Bertz CT molecular complexity index is 2370. The number of aromatic nitrogens is 1. The van der Waals surface area contributed by atoms with Crippen molar-refractivity contribution >= 4 is 69.4 Å². The number of carbonyl (C=O) groups excluding carboxylic acids is 4. The molecule has 3 aromatic carbocycles. The topological polar surface area (TPSA) is 157 Å². The van der Waals surface area contributed by atoms with Gasteiger partial charge in [0.05, 0.1) is 40.2 Å². The number of benzene rings is 3. The summed E-state index contributed by atoms with van der Waals surface area (Å²) in [6, 6.07) is 17.3. The standard InChI is InChI=1S/C39H29Cl2F3N4O7/c40-21-8-6-19(7-9-21)38-27(35(53)48(37(38)55)46-33-28(41)15-20(17-45-33)39(42,43)44)16-26-23(31(38)25-10-5-18-3-1-2-4-22(18)32(25)51)11-12-24-30(26)36(54)47(34(24)52)14-13-29(49)50/h1-11,15,17,24,26-27,30-31,51H,12-14,16H2,(H,45,46)(H,49,50). The lowest BCUT2D eigenvalue weighted by molar-refractivity contribution is -0.143. The second-order valence-corrected chi connectivity index (χ2v) is 15.0. The number of aromatic hydroxyl groups is 1. The number of phenolic OH excluding ortho intramolecular Hbond substituents is 1. The number of pyridine rings is 1. The highest BCUT2D eigenvalue weighted by Crippen LogP contribution is 2.65. The molecule has 2 aliphatic heterocycles. The molecular weight excluding hydrogens is 764 g/mol. The number of likely N-dealkylation sites (tertiary alicyclic amines) is 1. The van der Waals surface area contributed by atoms with Crippen LogP contribution in [0.3, 0.4) is 0 Å². The molecule has 2 saturated heterocycles. The Morgan fingerprint density at radius 3 is 2.38 bits per heavy atom. The molecule has 0 bridgehead atoms. The van der Waals surface area contributed by atoms with Gasteiger partial charge in [-0.05, 0) is 47.9 Å². The van der Waals surface area contributed by atoms with Crippen molar-refractivity contribution in [2.75, 3.05) is 12.0 Å². The molecule has 282 valence electrons. The van der Waals surface area contributed by atoms with Crippen LogP contribution in [0.5, 0.6) is 5.75 Å². The fourth-order valence-electron chi connectivity index (χ4n) is 9.13. The Kier molecular flexibility index (Phi) is 8.69. The van der Waals surface area contributed by atoms with Crippen molar-refractivity contribution in [3.05, 3.63) is 111 Å². The molecule has 4 amide bonds. The fourth-order valence-corrected chi connectivity index (χ4v) is 9.46. The van der Waals surface area contributed by atoms with Gasteiger partial charge >= 0.3 is 12.1 Å². The molecule has 16 heteroatoms. The lowest BCUT2D eigenvalue weighted by atomic mass is 9.49. The summed E-state index contributed by atoms with van der Waals surface area (Å²) in [5.41, 5.74) is 0.669. The molecule has 1 aromatic heterocycles. The lowest BCUT2D eigenvalue weighted by Gasteiger charge is -2.50. The van der Waals surface area contributed by atoms with Gasteiger partial charge in [-0.3, -0.25) is 34.3 Å². The van der Waals surface area contributed by atoms with Gasteiger partial charge in [-0.15, -0.1) is 0 Å². The van der Waals surface area contributed by atoms with Gasteiger partial charge in [0.25, 0.3) is 11.8 Å². The number of nitrogens with one attached hydrogen (secondary N) is 1. The van der Waals surface area contributed by atoms with Crippen LogP contribution < -0.4 is 5.43 Å². The monoisotopic (exact) mass is 792 g/mol. The van der Waals surface area contributed by atoms with E-state index in [1.54, 1.807) is 66.7 Å². The zero-order valence-electron chi connectivity index (χ0n) is 28.4. The van der Waals surface area contributed by atoms with Crippen molar-refractivity contribution in [1.29, 1.82) is 0 Å². The summed E-state index contributed by atoms with van der Waals surface area (Å²) in [6.45, 7) is -0.342. The molecule has 8 rings (SSSR count). The Labute approximate surface area is 320 Å². The van der Waals surface area contributed by atoms with Gasteiger partial charge in [0.1, 0.15) is 5.75 Å². The second kappa shape index (κ2) is 13.1. The predicted molar refractivity (Wildman–Crippen MR) is 191 cm³/mol. The van der Waals surface area contributed by atoms with Crippen LogP contribution in [0, 0.1) is 23.7 Å². The molecule has 4 aromatic rings. The summed E-state index contributed by atoms with van der Waals surface area (Å²) in [4.78, 5) is 74.1. The molecule has 6 atom stereocenters. The number of carboxylic acid groups (broad SMARTS) is 1. The molecule has 11 nitrogen and oxygen atoms in total. The number of carboxylic acids is 1. The van der Waals surface area contributed by atoms with E-state index in [0.29, 0.717) is 44.2 Å². The molecule has 3 fully saturated rings. The minimum atomic E-state index is -4.78. The molecule has 2 aliphatic carbocycles. The van der Waals surface area contributed by atoms with E-state index in [4.69, 9.17) is 23.2 Å². The summed E-state index contributed by atoms with van der Waals surface area (Å²) in [5.74, 6) is -9.69. The highest BCUT2D eigenvalue weighted by molar-refractivity contribution is 6.33. The summed E-state index contributed by atoms with van der Waals surface area (Å²) in [7, 11) is 0. The van der Waals surface area contributed by atoms with E-state index < -0.39 is 93.6 Å². The molecule has 6 unspecified atom stereocenters. The van der Waals surface area contributed by atoms with Crippen LogP contribution in [0.2, 0.25) is 10.0 Å². The Hall–Kier alpha value is -5.47. The first kappa shape index (κ1) is 36.5. The van der Waals surface area contributed by atoms with E-state index in [2.05, 4.69) is 10.4 Å². The Morgan fingerprint density at radius 1 is 0.964 bits per heavy atom. The first-order chi connectivity index (χ1) is 26.1. The van der Waals surface area contributed by atoms with Crippen LogP contribution in [0.4, 0.5) is 19.0 Å². The minimum absolute atomic E-state index is 0.0615. The summed E-state index contributed by atoms with van der Waals surface area (Å²) >= 11 is 12.6. The molecule has 0 radical (unpaired) electrons. The van der Waals surface area contributed by atoms with E-state index in [1.165, 1.54) is 0 Å². The van der Waals surface area contributed by atoms with Crippen LogP contribution in [0.25, 0.3) is 10.8 Å². The van der Waals surface area contributed by atoms with Crippen molar-refractivity contribution in [3.63, 3.8) is 0 Å². The molecule has 3 N–H and O–H groups in total. The molecule has 1 saturated carbocycles. The van der Waals surface area contributed by atoms with E-state index in [0.717, 1.165) is 4.90 Å². The average Bonchev–Trinajstić information content (AvgIpc) is 3.52. The number of imide groups is 2. The summed E-state index contributed by atoms with van der Waals surface area (Å²) in [6.07, 6.45) is -3.04. The maximum absolute atomic E-state index is 15.3. The number of aliphatic carboxylic acids is 1. The lowest BCUT2D eigenvalue weighted by Crippen LogP contribution is -2.53. The zero-order valence-corrected chi connectivity index (χ0v) is 29.9. The zero-order chi connectivity index (χ0) is 39.1. The van der Waals surface area contributed by atoms with Crippen LogP contribution in [0.15, 0.2) is 84.6 Å². The van der Waals surface area contributed by atoms with Gasteiger partial charge in [0, 0.05) is 34.6 Å². The van der Waals surface area contributed by atoms with Gasteiger partial charge in [-0.25, -0.2) is 4.98 Å². The number of hydrazine groups is 1. The van der Waals surface area contributed by atoms with Crippen molar-refractivity contribution in [2.24, 2.45) is 23.7 Å². The van der Waals surface area contributed by atoms with E-state index in [1.807, 2.05) is 0 Å². The number of amides is 4. The number of hydrogen-bond donors (Lipinski definition) is 3. The molecular formula is C39H29Cl2F3N4O7. The maximum atomic E-state index is 15.3. The SMILES string of the molecule is O=C(O)CCN1C(=O)C2CC=C3C(CC4C(=O)N(Nc5ncc(C(F)(F)F)cc5Cl)C(=O)C4(c4ccc(Cl)cc4)C3c3ccc4ccccc4c3O)C2C1=O. The van der Waals surface area contributed by atoms with Gasteiger partial charge in [-0.1, -0.05) is 83.4 Å². The molecule has 55 heavy (non-hydrogen) atoms. The van der Waals surface area contributed by atoms with Gasteiger partial charge in [0.15, 0.2) is 5.82 Å². The van der Waals surface area contributed by atoms with Crippen LogP contribution in [-0.4, -0.2) is 61.2 Å². The van der Waals surface area contributed by atoms with Crippen molar-refractivity contribution < 1.29 is 47.4 Å². The third kappa shape index (κ3) is 5.55. The fraction of sp³-hybridized carbons (Fsp3) is 0.282. The Morgan fingerprint density at radius 2 is 1.69 bits per heavy atom. The number of allylic oxidation sites excluding steroid dienone is 2. The smallest absolute Gasteiger partial charge is 0.417 e. The predicted octanol–water partition coefficient (Wildman–Crippen LogP) is 6.73. The highest BCUT2D eigenvalue weighted by Gasteiger charge is 2.70. The van der Waals surface area contributed by atoms with Crippen molar-refractivity contribution in [3.8, 4) is 5.75 Å². The van der Waals surface area contributed by atoms with E-state index in [9.17, 15) is 42.6 Å². The maximum Gasteiger partial charge on any atom is 0.417 e. The number of phenols is 1. The molecule has 3 heterocycles. The van der Waals surface area contributed by atoms with Crippen LogP contribution >= 0.6 is 23.2 Å². The third-order valence-electron chi connectivity index (χ3n) is 11.4. The second-order valence-electron chi connectivity index (χ2n) is 14.1. The number of carbonyl (C=O) groups is 5. The van der Waals surface area contributed by atoms with Crippen molar-refractivity contribution in [1.82, 2.24) is 14.9 Å². The quantitative estimate of drug-likeness (QED) is 0.137. The number of rotatable bonds is 7. The van der Waals surface area contributed by atoms with E-state index >= 15 is 4.79 Å². The largest absolute Gasteiger partial charge is 0.507 e. The van der Waals surface area contributed by atoms with Crippen LogP contribution in [-0.2, 0) is 35.6 Å². The Balaban J connectivity index is 1.34. The molecule has 0 spiro atoms. The summed E-state index contributed by atoms with van der Waals surface area (Å²) in [5, 5.41) is 23.0. The van der Waals surface area contributed by atoms with Gasteiger partial charge < -0.3 is 10.2 Å². The van der Waals surface area contributed by atoms with Crippen LogP contribution in [0.1, 0.15) is 41.9 Å². The minimum Gasteiger partial charge on any atom is -0.507 e. The van der Waals surface area contributed by atoms with Gasteiger partial charge in [0.2, 0.25) is 11.8 Å². The van der Waals surface area contributed by atoms with E-state index in [-0.39, 0.29) is 30.7 Å². The number of hydrogen-bond acceptors (Lipinski definition) is 8. The summed E-state index contributed by atoms with van der Waals surface area (Å²) < 4.78 is 40.4. The number of anilines is 1. The third-order valence-corrected chi connectivity index (χ3v) is 12.0. The first-order valence-electron chi connectivity index (χ1n) is 17.3. The van der Waals surface area contributed by atoms with Gasteiger partial charge in [-0.2, -0.15) is 18.2 Å². The first-order valence-corrected chi connectivity index (χ1v) is 18.0. The highest BCUT2D eigenvalue weighted by atomic mass is 35.5. The van der Waals surface area contributed by atoms with Crippen molar-refractivity contribution in [2.45, 2.75) is 36.8 Å².